The van der Waals surface area contributed by atoms with E-state index in [1.54, 1.807) is 19.2 Å². The standard InChI is InChI=1S/C16H17N3O5/c1-18(11-14-3-2-10-24-14)15(20)8-9-17-16(21)12-4-6-13(7-5-12)19(22)23/h2-7,10H,8-9,11H2,1H3,(H,17,21). The van der Waals surface area contributed by atoms with E-state index in [4.69, 9.17) is 4.42 Å². The topological polar surface area (TPSA) is 106 Å². The van der Waals surface area contributed by atoms with Gasteiger partial charge in [-0.2, -0.15) is 0 Å². The van der Waals surface area contributed by atoms with E-state index in [9.17, 15) is 19.7 Å². The molecule has 0 aliphatic carbocycles. The van der Waals surface area contributed by atoms with Crippen LogP contribution in [0.25, 0.3) is 0 Å². The molecule has 0 fully saturated rings. The van der Waals surface area contributed by atoms with Crippen LogP contribution in [0, 0.1) is 10.1 Å². The van der Waals surface area contributed by atoms with E-state index >= 15 is 0 Å². The number of non-ortho nitro benzene ring substituents is 1. The summed E-state index contributed by atoms with van der Waals surface area (Å²) in [6, 6.07) is 8.79. The number of benzene rings is 1. The van der Waals surface area contributed by atoms with Crippen LogP contribution >= 0.6 is 0 Å². The average molecular weight is 331 g/mol. The summed E-state index contributed by atoms with van der Waals surface area (Å²) in [5, 5.41) is 13.2. The summed E-state index contributed by atoms with van der Waals surface area (Å²) in [5.41, 5.74) is 0.221. The van der Waals surface area contributed by atoms with Gasteiger partial charge in [0.15, 0.2) is 0 Å². The van der Waals surface area contributed by atoms with Gasteiger partial charge in [0.25, 0.3) is 11.6 Å². The molecule has 2 rings (SSSR count). The monoisotopic (exact) mass is 331 g/mol. The number of carbonyl (C=O) groups is 2. The molecule has 0 unspecified atom stereocenters. The first kappa shape index (κ1) is 17.2. The molecular formula is C16H17N3O5. The van der Waals surface area contributed by atoms with Gasteiger partial charge in [-0.15, -0.1) is 0 Å². The fraction of sp³-hybridized carbons (Fsp3) is 0.250. The van der Waals surface area contributed by atoms with Crippen LogP contribution in [0.5, 0.6) is 0 Å². The van der Waals surface area contributed by atoms with Crippen molar-refractivity contribution in [3.63, 3.8) is 0 Å². The number of nitro groups is 1. The third kappa shape index (κ3) is 4.67. The molecule has 1 N–H and O–H groups in total. The molecule has 2 amide bonds. The zero-order chi connectivity index (χ0) is 17.5. The number of furan rings is 1. The smallest absolute Gasteiger partial charge is 0.269 e. The van der Waals surface area contributed by atoms with Gasteiger partial charge in [0.2, 0.25) is 5.91 Å². The van der Waals surface area contributed by atoms with Crippen molar-refractivity contribution in [2.24, 2.45) is 0 Å². The zero-order valence-corrected chi connectivity index (χ0v) is 13.1. The van der Waals surface area contributed by atoms with E-state index in [0.717, 1.165) is 0 Å². The molecule has 0 bridgehead atoms. The number of nitrogens with zero attached hydrogens (tertiary/aromatic N) is 2. The van der Waals surface area contributed by atoms with Crippen molar-refractivity contribution in [3.05, 3.63) is 64.1 Å². The third-order valence-corrected chi connectivity index (χ3v) is 3.36. The molecule has 0 radical (unpaired) electrons. The van der Waals surface area contributed by atoms with Gasteiger partial charge < -0.3 is 14.6 Å². The van der Waals surface area contributed by atoms with Gasteiger partial charge in [-0.25, -0.2) is 0 Å². The quantitative estimate of drug-likeness (QED) is 0.617. The molecule has 1 heterocycles. The Balaban J connectivity index is 1.77. The van der Waals surface area contributed by atoms with Gasteiger partial charge in [0, 0.05) is 37.7 Å². The van der Waals surface area contributed by atoms with Crippen LogP contribution in [-0.4, -0.2) is 35.2 Å². The Labute approximate surface area is 138 Å². The Kier molecular flexibility index (Phi) is 5.67. The van der Waals surface area contributed by atoms with Crippen molar-refractivity contribution < 1.29 is 18.9 Å². The van der Waals surface area contributed by atoms with Crippen LogP contribution in [-0.2, 0) is 11.3 Å². The van der Waals surface area contributed by atoms with Crippen LogP contribution in [0.15, 0.2) is 47.1 Å². The summed E-state index contributed by atoms with van der Waals surface area (Å²) in [5.74, 6) is 0.169. The summed E-state index contributed by atoms with van der Waals surface area (Å²) >= 11 is 0. The number of nitrogens with one attached hydrogen (secondary N) is 1. The Bertz CT molecular complexity index is 710. The van der Waals surface area contributed by atoms with Gasteiger partial charge in [-0.05, 0) is 24.3 Å². The SMILES string of the molecule is CN(Cc1ccco1)C(=O)CCNC(=O)c1ccc([N+](=O)[O-])cc1. The van der Waals surface area contributed by atoms with Gasteiger partial charge in [-0.3, -0.25) is 19.7 Å². The van der Waals surface area contributed by atoms with Gasteiger partial charge in [0.1, 0.15) is 5.76 Å². The van der Waals surface area contributed by atoms with Crippen molar-refractivity contribution in [1.29, 1.82) is 0 Å². The van der Waals surface area contributed by atoms with Crippen molar-refractivity contribution >= 4 is 17.5 Å². The number of nitro benzene ring substituents is 1. The maximum atomic E-state index is 12.0. The lowest BCUT2D eigenvalue weighted by molar-refractivity contribution is -0.384. The first-order valence-electron chi connectivity index (χ1n) is 7.26. The molecular weight excluding hydrogens is 314 g/mol. The number of carbonyl (C=O) groups excluding carboxylic acids is 2. The zero-order valence-electron chi connectivity index (χ0n) is 13.1. The Morgan fingerprint density at radius 2 is 1.96 bits per heavy atom. The summed E-state index contributed by atoms with van der Waals surface area (Å²) in [6.07, 6.45) is 1.69. The second-order valence-corrected chi connectivity index (χ2v) is 5.14. The van der Waals surface area contributed by atoms with E-state index in [2.05, 4.69) is 5.32 Å². The average Bonchev–Trinajstić information content (AvgIpc) is 3.07. The van der Waals surface area contributed by atoms with E-state index in [1.165, 1.54) is 35.4 Å². The summed E-state index contributed by atoms with van der Waals surface area (Å²) in [6.45, 7) is 0.541. The molecule has 1 aromatic carbocycles. The lowest BCUT2D eigenvalue weighted by Crippen LogP contribution is -2.31. The summed E-state index contributed by atoms with van der Waals surface area (Å²) in [4.78, 5) is 35.4. The molecule has 8 heteroatoms. The van der Waals surface area contributed by atoms with E-state index in [1.807, 2.05) is 0 Å². The second kappa shape index (κ2) is 7.91. The molecule has 0 saturated carbocycles. The highest BCUT2D eigenvalue weighted by molar-refractivity contribution is 5.94. The molecule has 126 valence electrons. The van der Waals surface area contributed by atoms with E-state index in [-0.39, 0.29) is 30.5 Å². The molecule has 0 aliphatic rings. The maximum Gasteiger partial charge on any atom is 0.269 e. The molecule has 0 saturated heterocycles. The molecule has 1 aromatic heterocycles. The number of rotatable bonds is 7. The minimum absolute atomic E-state index is 0.0821. The van der Waals surface area contributed by atoms with Crippen LogP contribution in [0.2, 0.25) is 0 Å². The summed E-state index contributed by atoms with van der Waals surface area (Å²) < 4.78 is 5.17. The maximum absolute atomic E-state index is 12.0. The lowest BCUT2D eigenvalue weighted by Gasteiger charge is -2.15. The highest BCUT2D eigenvalue weighted by Crippen LogP contribution is 2.11. The number of hydrogen-bond donors (Lipinski definition) is 1. The molecule has 0 atom stereocenters. The predicted octanol–water partition coefficient (Wildman–Crippen LogP) is 1.97. The Hall–Kier alpha value is -3.16. The van der Waals surface area contributed by atoms with Crippen LogP contribution in [0.1, 0.15) is 22.5 Å². The molecule has 8 nitrogen and oxygen atoms in total. The molecule has 2 aromatic rings. The largest absolute Gasteiger partial charge is 0.467 e. The molecule has 24 heavy (non-hydrogen) atoms. The lowest BCUT2D eigenvalue weighted by atomic mass is 10.2. The predicted molar refractivity (Wildman–Crippen MR) is 85.2 cm³/mol. The molecule has 0 aliphatic heterocycles. The summed E-state index contributed by atoms with van der Waals surface area (Å²) in [7, 11) is 1.66. The third-order valence-electron chi connectivity index (χ3n) is 3.36. The van der Waals surface area contributed by atoms with Gasteiger partial charge in [-0.1, -0.05) is 0 Å². The minimum Gasteiger partial charge on any atom is -0.467 e. The van der Waals surface area contributed by atoms with Crippen molar-refractivity contribution in [2.45, 2.75) is 13.0 Å². The fourth-order valence-electron chi connectivity index (χ4n) is 2.03. The highest BCUT2D eigenvalue weighted by Gasteiger charge is 2.12. The minimum atomic E-state index is -0.533. The van der Waals surface area contributed by atoms with Crippen molar-refractivity contribution in [3.8, 4) is 0 Å². The van der Waals surface area contributed by atoms with E-state index in [0.29, 0.717) is 17.9 Å². The normalized spacial score (nSPS) is 10.2. The van der Waals surface area contributed by atoms with Crippen LogP contribution < -0.4 is 5.32 Å². The van der Waals surface area contributed by atoms with Gasteiger partial charge >= 0.3 is 0 Å². The van der Waals surface area contributed by atoms with Crippen molar-refractivity contribution in [1.82, 2.24) is 10.2 Å². The van der Waals surface area contributed by atoms with Crippen LogP contribution in [0.4, 0.5) is 5.69 Å². The number of hydrogen-bond acceptors (Lipinski definition) is 5. The first-order valence-corrected chi connectivity index (χ1v) is 7.26. The Morgan fingerprint density at radius 3 is 2.54 bits per heavy atom. The highest BCUT2D eigenvalue weighted by atomic mass is 16.6. The van der Waals surface area contributed by atoms with E-state index < -0.39 is 4.92 Å². The van der Waals surface area contributed by atoms with Gasteiger partial charge in [0.05, 0.1) is 17.7 Å². The number of amides is 2. The van der Waals surface area contributed by atoms with Crippen molar-refractivity contribution in [2.75, 3.05) is 13.6 Å². The van der Waals surface area contributed by atoms with Crippen LogP contribution in [0.3, 0.4) is 0 Å². The Morgan fingerprint density at radius 1 is 1.25 bits per heavy atom. The molecule has 0 spiro atoms. The first-order chi connectivity index (χ1) is 11.5. The second-order valence-electron chi connectivity index (χ2n) is 5.14. The fourth-order valence-corrected chi connectivity index (χ4v) is 2.03.